The molecule has 5 heteroatoms. The quantitative estimate of drug-likeness (QED) is 0.805. The fourth-order valence-corrected chi connectivity index (χ4v) is 2.05. The van der Waals surface area contributed by atoms with Gasteiger partial charge >= 0.3 is 6.09 Å². The molecule has 1 amide bonds. The molecule has 0 aliphatic carbocycles. The minimum absolute atomic E-state index is 0.154. The van der Waals surface area contributed by atoms with Gasteiger partial charge in [0.05, 0.1) is 12.7 Å². The van der Waals surface area contributed by atoms with Crippen LogP contribution in [0.1, 0.15) is 26.3 Å². The number of amides is 1. The fraction of sp³-hybridized carbons (Fsp3) is 0.316. The molecule has 0 radical (unpaired) electrons. The van der Waals surface area contributed by atoms with Gasteiger partial charge in [-0.1, -0.05) is 18.2 Å². The second kappa shape index (κ2) is 8.82. The summed E-state index contributed by atoms with van der Waals surface area (Å²) in [5.74, 6) is 1.51. The summed E-state index contributed by atoms with van der Waals surface area (Å²) in [4.78, 5) is 11.4. The van der Waals surface area contributed by atoms with Crippen molar-refractivity contribution in [2.75, 3.05) is 11.9 Å². The van der Waals surface area contributed by atoms with Crippen LogP contribution in [0.25, 0.3) is 0 Å². The molecule has 0 fully saturated rings. The lowest BCUT2D eigenvalue weighted by atomic mass is 10.2. The standard InChI is InChI=1S/C19H23NO4/c1-4-22-19(21)20-16-6-5-7-18(12-16)23-13-15-8-10-17(11-9-15)24-14(2)3/h5-12,14H,4,13H2,1-3H3,(H,20,21). The van der Waals surface area contributed by atoms with E-state index < -0.39 is 6.09 Å². The molecule has 2 rings (SSSR count). The summed E-state index contributed by atoms with van der Waals surface area (Å²) in [5, 5.41) is 2.65. The molecule has 0 spiro atoms. The summed E-state index contributed by atoms with van der Waals surface area (Å²) in [5.41, 5.74) is 1.67. The highest BCUT2D eigenvalue weighted by molar-refractivity contribution is 5.84. The Morgan fingerprint density at radius 3 is 2.50 bits per heavy atom. The van der Waals surface area contributed by atoms with Crippen molar-refractivity contribution in [2.24, 2.45) is 0 Å². The van der Waals surface area contributed by atoms with E-state index >= 15 is 0 Å². The Labute approximate surface area is 142 Å². The van der Waals surface area contributed by atoms with E-state index in [2.05, 4.69) is 5.32 Å². The number of carbonyl (C=O) groups is 1. The average molecular weight is 329 g/mol. The predicted molar refractivity (Wildman–Crippen MR) is 93.6 cm³/mol. The molecule has 0 heterocycles. The van der Waals surface area contributed by atoms with Gasteiger partial charge in [0.25, 0.3) is 0 Å². The van der Waals surface area contributed by atoms with Crippen molar-refractivity contribution in [1.29, 1.82) is 0 Å². The first kappa shape index (κ1) is 17.7. The van der Waals surface area contributed by atoms with E-state index in [1.54, 1.807) is 19.1 Å². The third kappa shape index (κ3) is 5.83. The third-order valence-corrected chi connectivity index (χ3v) is 3.06. The number of hydrogen-bond donors (Lipinski definition) is 1. The molecule has 0 atom stereocenters. The first-order valence-electron chi connectivity index (χ1n) is 7.99. The molecule has 2 aromatic carbocycles. The predicted octanol–water partition coefficient (Wildman–Crippen LogP) is 4.62. The van der Waals surface area contributed by atoms with Gasteiger partial charge in [0, 0.05) is 11.8 Å². The van der Waals surface area contributed by atoms with Gasteiger partial charge in [-0.15, -0.1) is 0 Å². The normalized spacial score (nSPS) is 10.3. The van der Waals surface area contributed by atoms with E-state index in [4.69, 9.17) is 14.2 Å². The summed E-state index contributed by atoms with van der Waals surface area (Å²) >= 11 is 0. The number of anilines is 1. The molecular formula is C19H23NO4. The fourth-order valence-electron chi connectivity index (χ4n) is 2.05. The summed E-state index contributed by atoms with van der Waals surface area (Å²) in [7, 11) is 0. The molecule has 0 aliphatic rings. The molecule has 128 valence electrons. The van der Waals surface area contributed by atoms with Crippen molar-refractivity contribution < 1.29 is 19.0 Å². The lowest BCUT2D eigenvalue weighted by Gasteiger charge is -2.11. The van der Waals surface area contributed by atoms with Crippen molar-refractivity contribution >= 4 is 11.8 Å². The maximum atomic E-state index is 11.4. The van der Waals surface area contributed by atoms with Gasteiger partial charge in [0.1, 0.15) is 18.1 Å². The number of ether oxygens (including phenoxy) is 3. The SMILES string of the molecule is CCOC(=O)Nc1cccc(OCc2ccc(OC(C)C)cc2)c1. The first-order chi connectivity index (χ1) is 11.6. The second-order valence-electron chi connectivity index (χ2n) is 5.47. The molecule has 1 N–H and O–H groups in total. The van der Waals surface area contributed by atoms with E-state index in [1.165, 1.54) is 0 Å². The maximum absolute atomic E-state index is 11.4. The van der Waals surface area contributed by atoms with Crippen LogP contribution < -0.4 is 14.8 Å². The van der Waals surface area contributed by atoms with Crippen LogP contribution in [-0.4, -0.2) is 18.8 Å². The zero-order chi connectivity index (χ0) is 17.4. The van der Waals surface area contributed by atoms with Gasteiger partial charge in [-0.05, 0) is 50.6 Å². The maximum Gasteiger partial charge on any atom is 0.411 e. The lowest BCUT2D eigenvalue weighted by Crippen LogP contribution is -2.13. The van der Waals surface area contributed by atoms with E-state index in [0.29, 0.717) is 24.7 Å². The molecule has 24 heavy (non-hydrogen) atoms. The van der Waals surface area contributed by atoms with Crippen molar-refractivity contribution in [3.8, 4) is 11.5 Å². The topological polar surface area (TPSA) is 56.8 Å². The van der Waals surface area contributed by atoms with Crippen LogP contribution in [-0.2, 0) is 11.3 Å². The number of rotatable bonds is 7. The van der Waals surface area contributed by atoms with Gasteiger partial charge in [0.2, 0.25) is 0 Å². The minimum Gasteiger partial charge on any atom is -0.491 e. The van der Waals surface area contributed by atoms with Crippen LogP contribution in [0.4, 0.5) is 10.5 Å². The molecular weight excluding hydrogens is 306 g/mol. The van der Waals surface area contributed by atoms with Crippen LogP contribution in [0.3, 0.4) is 0 Å². The Kier molecular flexibility index (Phi) is 6.49. The molecule has 0 saturated heterocycles. The lowest BCUT2D eigenvalue weighted by molar-refractivity contribution is 0.168. The Hall–Kier alpha value is -2.69. The number of hydrogen-bond acceptors (Lipinski definition) is 4. The van der Waals surface area contributed by atoms with Gasteiger partial charge < -0.3 is 14.2 Å². The molecule has 0 saturated carbocycles. The zero-order valence-electron chi connectivity index (χ0n) is 14.2. The Bertz CT molecular complexity index is 653. The van der Waals surface area contributed by atoms with Crippen LogP contribution in [0.15, 0.2) is 48.5 Å². The highest BCUT2D eigenvalue weighted by atomic mass is 16.5. The Morgan fingerprint density at radius 1 is 1.08 bits per heavy atom. The Balaban J connectivity index is 1.90. The van der Waals surface area contributed by atoms with Crippen molar-refractivity contribution in [2.45, 2.75) is 33.5 Å². The number of nitrogens with one attached hydrogen (secondary N) is 1. The van der Waals surface area contributed by atoms with E-state index in [9.17, 15) is 4.79 Å². The summed E-state index contributed by atoms with van der Waals surface area (Å²) < 4.78 is 16.2. The molecule has 0 aliphatic heterocycles. The third-order valence-electron chi connectivity index (χ3n) is 3.06. The average Bonchev–Trinajstić information content (AvgIpc) is 2.54. The van der Waals surface area contributed by atoms with Gasteiger partial charge in [0.15, 0.2) is 0 Å². The molecule has 2 aromatic rings. The summed E-state index contributed by atoms with van der Waals surface area (Å²) in [6, 6.07) is 15.0. The van der Waals surface area contributed by atoms with Crippen LogP contribution >= 0.6 is 0 Å². The van der Waals surface area contributed by atoms with E-state index in [1.807, 2.05) is 50.2 Å². The summed E-state index contributed by atoms with van der Waals surface area (Å²) in [6.07, 6.45) is -0.322. The summed E-state index contributed by atoms with van der Waals surface area (Å²) in [6.45, 7) is 6.52. The zero-order valence-corrected chi connectivity index (χ0v) is 14.2. The molecule has 0 bridgehead atoms. The Morgan fingerprint density at radius 2 is 1.83 bits per heavy atom. The van der Waals surface area contributed by atoms with Crippen molar-refractivity contribution in [1.82, 2.24) is 0 Å². The van der Waals surface area contributed by atoms with Gasteiger partial charge in [-0.25, -0.2) is 4.79 Å². The van der Waals surface area contributed by atoms with E-state index in [0.717, 1.165) is 11.3 Å². The minimum atomic E-state index is -0.476. The first-order valence-corrected chi connectivity index (χ1v) is 7.99. The van der Waals surface area contributed by atoms with Gasteiger partial charge in [-0.3, -0.25) is 5.32 Å². The molecule has 0 unspecified atom stereocenters. The van der Waals surface area contributed by atoms with Crippen LogP contribution in [0, 0.1) is 0 Å². The monoisotopic (exact) mass is 329 g/mol. The number of carbonyl (C=O) groups excluding carboxylic acids is 1. The van der Waals surface area contributed by atoms with Crippen LogP contribution in [0.5, 0.6) is 11.5 Å². The van der Waals surface area contributed by atoms with Crippen molar-refractivity contribution in [3.63, 3.8) is 0 Å². The second-order valence-corrected chi connectivity index (χ2v) is 5.47. The van der Waals surface area contributed by atoms with Crippen LogP contribution in [0.2, 0.25) is 0 Å². The molecule has 5 nitrogen and oxygen atoms in total. The van der Waals surface area contributed by atoms with Gasteiger partial charge in [-0.2, -0.15) is 0 Å². The number of benzene rings is 2. The highest BCUT2D eigenvalue weighted by Gasteiger charge is 2.04. The smallest absolute Gasteiger partial charge is 0.411 e. The molecule has 0 aromatic heterocycles. The van der Waals surface area contributed by atoms with E-state index in [-0.39, 0.29) is 6.10 Å². The highest BCUT2D eigenvalue weighted by Crippen LogP contribution is 2.20. The van der Waals surface area contributed by atoms with Crippen molar-refractivity contribution in [3.05, 3.63) is 54.1 Å². The largest absolute Gasteiger partial charge is 0.491 e.